The minimum absolute atomic E-state index is 0.0432. The van der Waals surface area contributed by atoms with Gasteiger partial charge in [0.15, 0.2) is 11.6 Å². The number of ether oxygens (including phenoxy) is 1. The predicted octanol–water partition coefficient (Wildman–Crippen LogP) is 5.69. The van der Waals surface area contributed by atoms with Crippen molar-refractivity contribution in [1.82, 2.24) is 15.0 Å². The summed E-state index contributed by atoms with van der Waals surface area (Å²) in [5.41, 5.74) is 0.949. The van der Waals surface area contributed by atoms with Crippen LogP contribution < -0.4 is 4.74 Å². The molecular formula is C29H38N6O6S. The lowest BCUT2D eigenvalue weighted by Crippen LogP contribution is -2.53. The molecule has 1 aromatic rings. The van der Waals surface area contributed by atoms with Gasteiger partial charge in [-0.1, -0.05) is 41.5 Å². The highest BCUT2D eigenvalue weighted by molar-refractivity contribution is 8.00. The van der Waals surface area contributed by atoms with Crippen LogP contribution in [0.4, 0.5) is 9.59 Å². The van der Waals surface area contributed by atoms with E-state index in [2.05, 4.69) is 14.5 Å². The Morgan fingerprint density at radius 1 is 1.05 bits per heavy atom. The molecule has 1 aliphatic carbocycles. The second-order valence-corrected chi connectivity index (χ2v) is 14.2. The molecular weight excluding hydrogens is 560 g/mol. The van der Waals surface area contributed by atoms with Crippen molar-refractivity contribution < 1.29 is 29.3 Å². The van der Waals surface area contributed by atoms with Gasteiger partial charge in [-0.05, 0) is 50.5 Å². The Kier molecular flexibility index (Phi) is 7.37. The van der Waals surface area contributed by atoms with Gasteiger partial charge in [-0.2, -0.15) is 24.6 Å². The molecule has 0 spiro atoms. The van der Waals surface area contributed by atoms with Gasteiger partial charge in [0.2, 0.25) is 0 Å². The van der Waals surface area contributed by atoms with Gasteiger partial charge in [0.25, 0.3) is 0 Å². The molecule has 3 heterocycles. The Morgan fingerprint density at radius 2 is 1.62 bits per heavy atom. The lowest BCUT2D eigenvalue weighted by Gasteiger charge is -2.52. The van der Waals surface area contributed by atoms with Crippen molar-refractivity contribution in [3.63, 3.8) is 0 Å². The van der Waals surface area contributed by atoms with Crippen LogP contribution in [0.1, 0.15) is 72.2 Å². The summed E-state index contributed by atoms with van der Waals surface area (Å²) in [6, 6.07) is 0. The Bertz CT molecular complexity index is 1500. The average molecular weight is 599 g/mol. The maximum atomic E-state index is 14.5. The molecule has 2 N–H and O–H groups in total. The number of amidine groups is 1. The molecule has 0 unspecified atom stereocenters. The molecule has 1 aromatic heterocycles. The molecule has 2 aliphatic heterocycles. The zero-order valence-electron chi connectivity index (χ0n) is 25.9. The van der Waals surface area contributed by atoms with Crippen molar-refractivity contribution in [1.29, 1.82) is 0 Å². The molecule has 0 saturated heterocycles. The van der Waals surface area contributed by atoms with E-state index in [4.69, 9.17) is 9.84 Å². The van der Waals surface area contributed by atoms with Gasteiger partial charge < -0.3 is 14.9 Å². The van der Waals surface area contributed by atoms with Crippen LogP contribution >= 0.6 is 11.9 Å². The van der Waals surface area contributed by atoms with Crippen LogP contribution in [0.25, 0.3) is 0 Å². The first-order chi connectivity index (χ1) is 19.2. The topological polar surface area (TPSA) is 157 Å². The van der Waals surface area contributed by atoms with Crippen LogP contribution in [0.3, 0.4) is 0 Å². The number of hydrogen-bond donors (Lipinski definition) is 2. The zero-order chi connectivity index (χ0) is 31.7. The highest BCUT2D eigenvalue weighted by Crippen LogP contribution is 2.63. The summed E-state index contributed by atoms with van der Waals surface area (Å²) in [5, 5.41) is 30.8. The maximum absolute atomic E-state index is 14.5. The molecule has 226 valence electrons. The number of carbonyl (C=O) groups excluding carboxylic acids is 1. The van der Waals surface area contributed by atoms with Gasteiger partial charge >= 0.3 is 12.2 Å². The van der Waals surface area contributed by atoms with Crippen LogP contribution in [-0.2, 0) is 11.3 Å². The van der Waals surface area contributed by atoms with E-state index in [-0.39, 0.29) is 22.9 Å². The summed E-state index contributed by atoms with van der Waals surface area (Å²) in [5.74, 6) is 0.0628. The van der Waals surface area contributed by atoms with Crippen molar-refractivity contribution in [3.8, 4) is 5.75 Å². The standard InChI is InChI=1S/C29H38N6O6S/c1-14-12-30-16(15(2)20(14)41-11)13-34-31-19-17-18(22(36)28(9,10)21(17)32-34)29(26(3,4)5,27(6,7)8)42-33-23(19)35(24(37)38)25(39)40/h12H,13H2,1-11H3,(H,37,38)(H,39,40). The molecule has 42 heavy (non-hydrogen) atoms. The number of pyridine rings is 1. The number of imide groups is 1. The summed E-state index contributed by atoms with van der Waals surface area (Å²) >= 11 is 1.02. The maximum Gasteiger partial charge on any atom is 0.422 e. The minimum atomic E-state index is -1.74. The van der Waals surface area contributed by atoms with E-state index < -0.39 is 39.0 Å². The lowest BCUT2D eigenvalue weighted by molar-refractivity contribution is -0.121. The van der Waals surface area contributed by atoms with Crippen molar-refractivity contribution in [2.75, 3.05) is 7.11 Å². The highest BCUT2D eigenvalue weighted by atomic mass is 32.2. The molecule has 0 saturated carbocycles. The fourth-order valence-electron chi connectivity index (χ4n) is 6.36. The molecule has 0 fully saturated rings. The highest BCUT2D eigenvalue weighted by Gasteiger charge is 2.65. The molecule has 0 aromatic carbocycles. The normalized spacial score (nSPS) is 19.5. The van der Waals surface area contributed by atoms with E-state index in [1.807, 2.05) is 55.4 Å². The molecule has 0 atom stereocenters. The monoisotopic (exact) mass is 598 g/mol. The van der Waals surface area contributed by atoms with Crippen molar-refractivity contribution in [2.24, 2.45) is 30.8 Å². The molecule has 13 heteroatoms. The summed E-state index contributed by atoms with van der Waals surface area (Å²) in [4.78, 5) is 43.8. The van der Waals surface area contributed by atoms with Crippen LogP contribution in [0.5, 0.6) is 5.75 Å². The van der Waals surface area contributed by atoms with E-state index >= 15 is 0 Å². The molecule has 0 bridgehead atoms. The van der Waals surface area contributed by atoms with Gasteiger partial charge in [0.1, 0.15) is 18.0 Å². The van der Waals surface area contributed by atoms with E-state index in [1.54, 1.807) is 27.2 Å². The molecule has 0 radical (unpaired) electrons. The quantitative estimate of drug-likeness (QED) is 0.417. The minimum Gasteiger partial charge on any atom is -0.496 e. The molecule has 3 aliphatic rings. The van der Waals surface area contributed by atoms with Gasteiger partial charge in [0, 0.05) is 28.5 Å². The smallest absolute Gasteiger partial charge is 0.422 e. The van der Waals surface area contributed by atoms with E-state index in [0.29, 0.717) is 28.3 Å². The number of aryl methyl sites for hydroxylation is 1. The van der Waals surface area contributed by atoms with Crippen LogP contribution in [0.15, 0.2) is 31.9 Å². The fourth-order valence-corrected chi connectivity index (χ4v) is 7.59. The fraction of sp³-hybridized carbons (Fsp3) is 0.552. The number of hydrogen-bond acceptors (Lipinski definition) is 10. The van der Waals surface area contributed by atoms with Gasteiger partial charge in [-0.25, -0.2) is 9.59 Å². The second kappa shape index (κ2) is 9.92. The Hall–Kier alpha value is -3.74. The number of Topliss-reactive ketones (excluding diaryl/α,β-unsaturated/α-hetero) is 1. The molecule has 12 nitrogen and oxygen atoms in total. The third-order valence-corrected chi connectivity index (χ3v) is 10.1. The number of carbonyl (C=O) groups is 3. The number of aromatic nitrogens is 1. The third-order valence-electron chi connectivity index (χ3n) is 8.12. The Morgan fingerprint density at radius 3 is 2.12 bits per heavy atom. The largest absolute Gasteiger partial charge is 0.496 e. The summed E-state index contributed by atoms with van der Waals surface area (Å²) < 4.78 is 9.12. The first-order valence-electron chi connectivity index (χ1n) is 13.5. The number of carboxylic acid groups (broad SMARTS) is 2. The predicted molar refractivity (Wildman–Crippen MR) is 161 cm³/mol. The lowest BCUT2D eigenvalue weighted by atomic mass is 9.60. The Balaban J connectivity index is 2.09. The Labute approximate surface area is 249 Å². The van der Waals surface area contributed by atoms with Crippen molar-refractivity contribution >= 4 is 47.2 Å². The zero-order valence-corrected chi connectivity index (χ0v) is 26.7. The van der Waals surface area contributed by atoms with Crippen LogP contribution in [-0.4, -0.2) is 72.3 Å². The van der Waals surface area contributed by atoms with E-state index in [0.717, 1.165) is 23.1 Å². The average Bonchev–Trinajstić information content (AvgIpc) is 2.96. The van der Waals surface area contributed by atoms with Crippen molar-refractivity contribution in [3.05, 3.63) is 34.2 Å². The van der Waals surface area contributed by atoms with Crippen molar-refractivity contribution in [2.45, 2.75) is 80.5 Å². The molecule has 2 amide bonds. The number of methoxy groups -OCH3 is 1. The van der Waals surface area contributed by atoms with Crippen LogP contribution in [0.2, 0.25) is 0 Å². The van der Waals surface area contributed by atoms with Gasteiger partial charge in [-0.3, -0.25) is 9.78 Å². The third kappa shape index (κ3) is 4.40. The number of nitrogens with zero attached hydrogens (tertiary/aromatic N) is 6. The first kappa shape index (κ1) is 31.2. The number of amides is 2. The van der Waals surface area contributed by atoms with Gasteiger partial charge in [-0.15, -0.1) is 0 Å². The number of ketones is 1. The summed E-state index contributed by atoms with van der Waals surface area (Å²) in [6.45, 7) is 19.3. The number of rotatable bonds is 3. The number of hydrazone groups is 2. The first-order valence-corrected chi connectivity index (χ1v) is 14.3. The summed E-state index contributed by atoms with van der Waals surface area (Å²) in [6.07, 6.45) is -1.82. The summed E-state index contributed by atoms with van der Waals surface area (Å²) in [7, 11) is 1.57. The van der Waals surface area contributed by atoms with E-state index in [9.17, 15) is 24.6 Å². The van der Waals surface area contributed by atoms with Gasteiger partial charge in [0.05, 0.1) is 28.7 Å². The van der Waals surface area contributed by atoms with E-state index in [1.165, 1.54) is 5.12 Å². The van der Waals surface area contributed by atoms with Crippen LogP contribution in [0, 0.1) is 30.1 Å². The second-order valence-electron chi connectivity index (χ2n) is 13.3. The molecule has 4 rings (SSSR count). The SMILES string of the molecule is COc1c(C)cnc(CN2N=C3C(N(C(=O)O)C(=O)O)=NSC(C(C)(C)C)(C(C)(C)C)C4=C3C(=N2)C(C)(C)C4=O)c1C.